The second-order valence-electron chi connectivity index (χ2n) is 5.80. The summed E-state index contributed by atoms with van der Waals surface area (Å²) in [7, 11) is 0. The van der Waals surface area contributed by atoms with Crippen molar-refractivity contribution in [3.8, 4) is 0 Å². The molecular formula is C19H19NO. The van der Waals surface area contributed by atoms with Crippen LogP contribution in [-0.4, -0.2) is 0 Å². The van der Waals surface area contributed by atoms with Gasteiger partial charge in [0.05, 0.1) is 0 Å². The summed E-state index contributed by atoms with van der Waals surface area (Å²) in [4.78, 5) is 0. The summed E-state index contributed by atoms with van der Waals surface area (Å²) in [5, 5.41) is 4.94. The summed E-state index contributed by atoms with van der Waals surface area (Å²) in [6.45, 7) is 2.92. The number of hydrogen-bond acceptors (Lipinski definition) is 2. The molecule has 0 aliphatic heterocycles. The highest BCUT2D eigenvalue weighted by Gasteiger charge is 2.22. The van der Waals surface area contributed by atoms with Crippen LogP contribution >= 0.6 is 0 Å². The van der Waals surface area contributed by atoms with Crippen LogP contribution in [0.1, 0.15) is 34.9 Å². The van der Waals surface area contributed by atoms with E-state index in [9.17, 15) is 0 Å². The van der Waals surface area contributed by atoms with E-state index in [1.807, 2.05) is 12.1 Å². The molecule has 0 saturated heterocycles. The van der Waals surface area contributed by atoms with Crippen LogP contribution in [0.3, 0.4) is 0 Å². The van der Waals surface area contributed by atoms with Gasteiger partial charge in [0.15, 0.2) is 0 Å². The minimum atomic E-state index is 0.467. The van der Waals surface area contributed by atoms with E-state index in [1.54, 1.807) is 0 Å². The number of aryl methyl sites for hydroxylation is 2. The lowest BCUT2D eigenvalue weighted by Gasteiger charge is -2.14. The van der Waals surface area contributed by atoms with Crippen molar-refractivity contribution in [1.82, 2.24) is 5.32 Å². The zero-order chi connectivity index (χ0) is 14.2. The van der Waals surface area contributed by atoms with Gasteiger partial charge in [-0.1, -0.05) is 42.5 Å². The fourth-order valence-corrected chi connectivity index (χ4v) is 3.44. The first-order valence-electron chi connectivity index (χ1n) is 7.61. The highest BCUT2D eigenvalue weighted by atomic mass is 16.3. The van der Waals surface area contributed by atoms with E-state index >= 15 is 0 Å². The molecule has 1 N–H and O–H groups in total. The Bertz CT molecular complexity index is 787. The van der Waals surface area contributed by atoms with Crippen LogP contribution in [0.4, 0.5) is 0 Å². The Hall–Kier alpha value is -2.06. The summed E-state index contributed by atoms with van der Waals surface area (Å²) >= 11 is 0. The van der Waals surface area contributed by atoms with Crippen molar-refractivity contribution in [1.29, 1.82) is 0 Å². The van der Waals surface area contributed by atoms with Crippen molar-refractivity contribution in [3.05, 3.63) is 71.0 Å². The Kier molecular flexibility index (Phi) is 3.04. The van der Waals surface area contributed by atoms with Gasteiger partial charge in [-0.3, -0.25) is 0 Å². The molecule has 1 aliphatic rings. The van der Waals surface area contributed by atoms with Gasteiger partial charge in [-0.05, 0) is 37.0 Å². The molecule has 2 nitrogen and oxygen atoms in total. The van der Waals surface area contributed by atoms with E-state index in [1.165, 1.54) is 34.9 Å². The molecule has 106 valence electrons. The highest BCUT2D eigenvalue weighted by molar-refractivity contribution is 5.82. The van der Waals surface area contributed by atoms with Crippen LogP contribution < -0.4 is 5.32 Å². The molecule has 1 heterocycles. The molecule has 0 spiro atoms. The van der Waals surface area contributed by atoms with Crippen LogP contribution in [0, 0.1) is 6.92 Å². The second-order valence-corrected chi connectivity index (χ2v) is 5.80. The molecule has 2 heteroatoms. The van der Waals surface area contributed by atoms with Gasteiger partial charge in [-0.25, -0.2) is 0 Å². The molecular weight excluding hydrogens is 258 g/mol. The summed E-state index contributed by atoms with van der Waals surface area (Å²) in [6.07, 6.45) is 2.37. The first-order chi connectivity index (χ1) is 10.3. The van der Waals surface area contributed by atoms with Gasteiger partial charge < -0.3 is 9.73 Å². The van der Waals surface area contributed by atoms with Crippen molar-refractivity contribution < 1.29 is 4.42 Å². The topological polar surface area (TPSA) is 25.2 Å². The molecule has 1 aliphatic carbocycles. The number of hydrogen-bond donors (Lipinski definition) is 1. The smallest absolute Gasteiger partial charge is 0.134 e. The van der Waals surface area contributed by atoms with Crippen molar-refractivity contribution in [3.63, 3.8) is 0 Å². The maximum absolute atomic E-state index is 5.84. The lowest BCUT2D eigenvalue weighted by atomic mass is 10.1. The van der Waals surface area contributed by atoms with Crippen molar-refractivity contribution >= 4 is 11.0 Å². The summed E-state index contributed by atoms with van der Waals surface area (Å²) in [5.41, 5.74) is 5.22. The van der Waals surface area contributed by atoms with Gasteiger partial charge >= 0.3 is 0 Å². The molecule has 0 bridgehead atoms. The number of benzene rings is 2. The zero-order valence-corrected chi connectivity index (χ0v) is 12.2. The van der Waals surface area contributed by atoms with Gasteiger partial charge in [0.2, 0.25) is 0 Å². The maximum Gasteiger partial charge on any atom is 0.134 e. The molecule has 0 fully saturated rings. The fourth-order valence-electron chi connectivity index (χ4n) is 3.44. The van der Waals surface area contributed by atoms with Crippen LogP contribution in [0.2, 0.25) is 0 Å². The monoisotopic (exact) mass is 277 g/mol. The fraction of sp³-hybridized carbons (Fsp3) is 0.263. The van der Waals surface area contributed by atoms with Crippen molar-refractivity contribution in [2.24, 2.45) is 0 Å². The third kappa shape index (κ3) is 2.16. The third-order valence-corrected chi connectivity index (χ3v) is 4.56. The standard InChI is InChI=1S/C19H19NO/c1-13-17(16-8-4-5-9-19(16)21-13)12-20-18-11-10-14-6-2-3-7-15(14)18/h2-9,18,20H,10-12H2,1H3. The minimum Gasteiger partial charge on any atom is -0.461 e. The van der Waals surface area contributed by atoms with E-state index in [0.717, 1.165) is 17.9 Å². The normalized spacial score (nSPS) is 17.3. The molecule has 4 rings (SSSR count). The Morgan fingerprint density at radius 1 is 1.10 bits per heavy atom. The lowest BCUT2D eigenvalue weighted by Crippen LogP contribution is -2.18. The Morgan fingerprint density at radius 3 is 2.86 bits per heavy atom. The molecule has 1 aromatic heterocycles. The van der Waals surface area contributed by atoms with Gasteiger partial charge in [-0.15, -0.1) is 0 Å². The summed E-state index contributed by atoms with van der Waals surface area (Å²) < 4.78 is 5.84. The molecule has 1 unspecified atom stereocenters. The van der Waals surface area contributed by atoms with Crippen LogP contribution in [0.5, 0.6) is 0 Å². The molecule has 2 aromatic carbocycles. The first-order valence-corrected chi connectivity index (χ1v) is 7.61. The third-order valence-electron chi connectivity index (χ3n) is 4.56. The minimum absolute atomic E-state index is 0.467. The zero-order valence-electron chi connectivity index (χ0n) is 12.2. The largest absolute Gasteiger partial charge is 0.461 e. The number of rotatable bonds is 3. The molecule has 0 saturated carbocycles. The van der Waals surface area contributed by atoms with E-state index in [2.05, 4.69) is 48.6 Å². The average Bonchev–Trinajstić information content (AvgIpc) is 3.06. The Labute approximate surface area is 124 Å². The first kappa shape index (κ1) is 12.7. The number of para-hydroxylation sites is 1. The van der Waals surface area contributed by atoms with Crippen LogP contribution in [0.15, 0.2) is 52.9 Å². The van der Waals surface area contributed by atoms with Gasteiger partial charge in [0, 0.05) is 23.5 Å². The lowest BCUT2D eigenvalue weighted by molar-refractivity contribution is 0.518. The van der Waals surface area contributed by atoms with E-state index in [0.29, 0.717) is 6.04 Å². The number of fused-ring (bicyclic) bond motifs is 2. The molecule has 3 aromatic rings. The van der Waals surface area contributed by atoms with Gasteiger partial charge in [-0.2, -0.15) is 0 Å². The molecule has 0 amide bonds. The molecule has 1 atom stereocenters. The van der Waals surface area contributed by atoms with E-state index < -0.39 is 0 Å². The SMILES string of the molecule is Cc1oc2ccccc2c1CNC1CCc2ccccc21. The van der Waals surface area contributed by atoms with E-state index in [4.69, 9.17) is 4.42 Å². The van der Waals surface area contributed by atoms with Crippen molar-refractivity contribution in [2.45, 2.75) is 32.4 Å². The number of nitrogens with one attached hydrogen (secondary N) is 1. The molecule has 21 heavy (non-hydrogen) atoms. The maximum atomic E-state index is 5.84. The number of furan rings is 1. The quantitative estimate of drug-likeness (QED) is 0.761. The molecule has 0 radical (unpaired) electrons. The van der Waals surface area contributed by atoms with Crippen LogP contribution in [-0.2, 0) is 13.0 Å². The van der Waals surface area contributed by atoms with Crippen molar-refractivity contribution in [2.75, 3.05) is 0 Å². The highest BCUT2D eigenvalue weighted by Crippen LogP contribution is 2.32. The Balaban J connectivity index is 1.58. The van der Waals surface area contributed by atoms with E-state index in [-0.39, 0.29) is 0 Å². The average molecular weight is 277 g/mol. The summed E-state index contributed by atoms with van der Waals surface area (Å²) in [5.74, 6) is 1.02. The van der Waals surface area contributed by atoms with Crippen LogP contribution in [0.25, 0.3) is 11.0 Å². The van der Waals surface area contributed by atoms with Gasteiger partial charge in [0.1, 0.15) is 11.3 Å². The predicted octanol–water partition coefficient (Wildman–Crippen LogP) is 4.52. The van der Waals surface area contributed by atoms with Gasteiger partial charge in [0.25, 0.3) is 0 Å². The predicted molar refractivity (Wildman–Crippen MR) is 85.3 cm³/mol. The second kappa shape index (κ2) is 5.05. The Morgan fingerprint density at radius 2 is 1.90 bits per heavy atom. The summed E-state index contributed by atoms with van der Waals surface area (Å²) in [6, 6.07) is 17.5.